The van der Waals surface area contributed by atoms with Gasteiger partial charge < -0.3 is 14.4 Å². The van der Waals surface area contributed by atoms with Crippen LogP contribution in [0.25, 0.3) is 16.9 Å². The van der Waals surface area contributed by atoms with Gasteiger partial charge >= 0.3 is 0 Å². The summed E-state index contributed by atoms with van der Waals surface area (Å²) in [6.45, 7) is 6.76. The molecule has 0 spiro atoms. The molecule has 1 amide bonds. The number of ether oxygens (including phenoxy) is 2. The molecule has 36 heavy (non-hydrogen) atoms. The van der Waals surface area contributed by atoms with Gasteiger partial charge in [0.25, 0.3) is 5.91 Å². The maximum absolute atomic E-state index is 13.7. The van der Waals surface area contributed by atoms with Crippen molar-refractivity contribution in [2.75, 3.05) is 27.8 Å². The number of carbonyl (C=O) groups is 1. The normalized spacial score (nSPS) is 11.5. The van der Waals surface area contributed by atoms with Crippen LogP contribution in [0.1, 0.15) is 42.5 Å². The summed E-state index contributed by atoms with van der Waals surface area (Å²) in [5.41, 5.74) is 4.13. The fourth-order valence-corrected chi connectivity index (χ4v) is 4.16. The first-order valence-electron chi connectivity index (χ1n) is 11.7. The molecule has 0 radical (unpaired) electrons. The van der Waals surface area contributed by atoms with Crippen molar-refractivity contribution in [3.63, 3.8) is 0 Å². The van der Waals surface area contributed by atoms with Crippen molar-refractivity contribution < 1.29 is 14.3 Å². The molecule has 0 N–H and O–H groups in total. The van der Waals surface area contributed by atoms with E-state index in [2.05, 4.69) is 20.8 Å². The number of hydrogen-bond acceptors (Lipinski definition) is 5. The van der Waals surface area contributed by atoms with E-state index in [1.807, 2.05) is 48.5 Å². The molecule has 0 aliphatic heterocycles. The van der Waals surface area contributed by atoms with Crippen LogP contribution in [0.4, 0.5) is 0 Å². The Balaban J connectivity index is 1.69. The maximum Gasteiger partial charge on any atom is 0.272 e. The maximum atomic E-state index is 13.7. The summed E-state index contributed by atoms with van der Waals surface area (Å²) >= 11 is 6.47. The van der Waals surface area contributed by atoms with Crippen LogP contribution in [0.3, 0.4) is 0 Å². The van der Waals surface area contributed by atoms with E-state index >= 15 is 0 Å². The summed E-state index contributed by atoms with van der Waals surface area (Å²) in [6, 6.07) is 17.0. The van der Waals surface area contributed by atoms with Crippen molar-refractivity contribution in [3.8, 4) is 22.8 Å². The van der Waals surface area contributed by atoms with E-state index < -0.39 is 0 Å². The zero-order valence-electron chi connectivity index (χ0n) is 21.5. The Labute approximate surface area is 216 Å². The lowest BCUT2D eigenvalue weighted by Gasteiger charge is -2.19. The second-order valence-corrected chi connectivity index (χ2v) is 10.1. The third-order valence-corrected chi connectivity index (χ3v) is 6.42. The fourth-order valence-electron chi connectivity index (χ4n) is 3.93. The van der Waals surface area contributed by atoms with Gasteiger partial charge in [-0.3, -0.25) is 4.79 Å². The predicted octanol–water partition coefficient (Wildman–Crippen LogP) is 5.68. The zero-order chi connectivity index (χ0) is 26.0. The van der Waals surface area contributed by atoms with Crippen molar-refractivity contribution in [2.45, 2.75) is 32.6 Å². The van der Waals surface area contributed by atoms with E-state index in [-0.39, 0.29) is 11.3 Å². The van der Waals surface area contributed by atoms with Gasteiger partial charge in [-0.2, -0.15) is 5.10 Å². The van der Waals surface area contributed by atoms with Gasteiger partial charge in [0.05, 0.1) is 25.6 Å². The lowest BCUT2D eigenvalue weighted by atomic mass is 9.93. The third-order valence-electron chi connectivity index (χ3n) is 6.10. The minimum atomic E-state index is -0.197. The van der Waals surface area contributed by atoms with Crippen molar-refractivity contribution in [2.24, 2.45) is 0 Å². The Kier molecular flexibility index (Phi) is 7.22. The minimum absolute atomic E-state index is 0.153. The molecule has 0 fully saturated rings. The topological polar surface area (TPSA) is 69.0 Å². The highest BCUT2D eigenvalue weighted by atomic mass is 35.5. The van der Waals surface area contributed by atoms with E-state index in [4.69, 9.17) is 31.2 Å². The highest BCUT2D eigenvalue weighted by molar-refractivity contribution is 6.33. The SMILES string of the molecule is COc1ccc(CCN(C)C(=O)c2cc(-c3ccccc3Cl)nc3cc(C(C)(C)C)nn23)cc1OC. The summed E-state index contributed by atoms with van der Waals surface area (Å²) in [5, 5.41) is 5.32. The summed E-state index contributed by atoms with van der Waals surface area (Å²) in [6.07, 6.45) is 0.653. The molecule has 0 saturated carbocycles. The van der Waals surface area contributed by atoms with Crippen molar-refractivity contribution in [3.05, 3.63) is 76.6 Å². The monoisotopic (exact) mass is 506 g/mol. The Morgan fingerprint density at radius 3 is 2.42 bits per heavy atom. The van der Waals surface area contributed by atoms with Crippen LogP contribution >= 0.6 is 11.6 Å². The minimum Gasteiger partial charge on any atom is -0.493 e. The van der Waals surface area contributed by atoms with E-state index in [1.54, 1.807) is 36.7 Å². The van der Waals surface area contributed by atoms with Crippen molar-refractivity contribution in [1.82, 2.24) is 19.5 Å². The second kappa shape index (κ2) is 10.2. The lowest BCUT2D eigenvalue weighted by molar-refractivity contribution is 0.0787. The zero-order valence-corrected chi connectivity index (χ0v) is 22.3. The van der Waals surface area contributed by atoms with Crippen molar-refractivity contribution >= 4 is 23.2 Å². The van der Waals surface area contributed by atoms with Gasteiger partial charge in [-0.25, -0.2) is 9.50 Å². The quantitative estimate of drug-likeness (QED) is 0.322. The first-order valence-corrected chi connectivity index (χ1v) is 12.1. The van der Waals surface area contributed by atoms with Gasteiger partial charge in [-0.1, -0.05) is 56.6 Å². The summed E-state index contributed by atoms with van der Waals surface area (Å²) in [4.78, 5) is 20.2. The van der Waals surface area contributed by atoms with Crippen LogP contribution in [0, 0.1) is 0 Å². The highest BCUT2D eigenvalue weighted by Crippen LogP contribution is 2.30. The Bertz CT molecular complexity index is 1410. The molecule has 4 rings (SSSR count). The third kappa shape index (κ3) is 5.16. The van der Waals surface area contributed by atoms with Crippen LogP contribution in [-0.4, -0.2) is 53.2 Å². The standard InChI is InChI=1S/C28H31ClN4O3/c1-28(2,3)25-17-26-30-21(19-9-7-8-10-20(19)29)16-22(33(26)31-25)27(34)32(4)14-13-18-11-12-23(35-5)24(15-18)36-6/h7-12,15-17H,13-14H2,1-6H3. The number of hydrogen-bond donors (Lipinski definition) is 0. The van der Waals surface area contributed by atoms with Gasteiger partial charge in [0, 0.05) is 35.7 Å². The van der Waals surface area contributed by atoms with Crippen LogP contribution in [0.2, 0.25) is 5.02 Å². The largest absolute Gasteiger partial charge is 0.493 e. The van der Waals surface area contributed by atoms with Crippen LogP contribution < -0.4 is 9.47 Å². The number of amides is 1. The van der Waals surface area contributed by atoms with Gasteiger partial charge in [0.15, 0.2) is 17.1 Å². The molecule has 2 heterocycles. The molecule has 7 nitrogen and oxygen atoms in total. The van der Waals surface area contributed by atoms with E-state index in [0.717, 1.165) is 16.8 Å². The number of halogens is 1. The number of nitrogens with zero attached hydrogens (tertiary/aromatic N) is 4. The predicted molar refractivity (Wildman–Crippen MR) is 142 cm³/mol. The molecule has 0 aliphatic rings. The molecule has 2 aromatic carbocycles. The number of methoxy groups -OCH3 is 2. The van der Waals surface area contributed by atoms with Gasteiger partial charge in [0.1, 0.15) is 5.69 Å². The molecule has 188 valence electrons. The second-order valence-electron chi connectivity index (χ2n) is 9.72. The number of likely N-dealkylation sites (N-methyl/N-ethyl adjacent to an activating group) is 1. The number of fused-ring (bicyclic) bond motifs is 1. The highest BCUT2D eigenvalue weighted by Gasteiger charge is 2.24. The van der Waals surface area contributed by atoms with Gasteiger partial charge in [-0.15, -0.1) is 0 Å². The molecule has 0 atom stereocenters. The number of carbonyl (C=O) groups excluding carboxylic acids is 1. The lowest BCUT2D eigenvalue weighted by Crippen LogP contribution is -2.30. The summed E-state index contributed by atoms with van der Waals surface area (Å²) in [5.74, 6) is 1.18. The molecule has 8 heteroatoms. The number of benzene rings is 2. The summed E-state index contributed by atoms with van der Waals surface area (Å²) in [7, 11) is 5.01. The van der Waals surface area contributed by atoms with Crippen molar-refractivity contribution in [1.29, 1.82) is 0 Å². The van der Waals surface area contributed by atoms with Crippen LogP contribution in [0.15, 0.2) is 54.6 Å². The molecule has 0 saturated heterocycles. The van der Waals surface area contributed by atoms with Gasteiger partial charge in [-0.05, 0) is 36.2 Å². The Morgan fingerprint density at radius 1 is 1.03 bits per heavy atom. The first kappa shape index (κ1) is 25.5. The average molecular weight is 507 g/mol. The Hall–Kier alpha value is -3.58. The number of rotatable bonds is 7. The molecule has 4 aromatic rings. The average Bonchev–Trinajstić information content (AvgIpc) is 3.31. The van der Waals surface area contributed by atoms with E-state index in [1.165, 1.54) is 0 Å². The van der Waals surface area contributed by atoms with Crippen LogP contribution in [-0.2, 0) is 11.8 Å². The molecule has 0 aliphatic carbocycles. The molecule has 2 aromatic heterocycles. The first-order chi connectivity index (χ1) is 17.1. The summed E-state index contributed by atoms with van der Waals surface area (Å²) < 4.78 is 12.4. The molecular weight excluding hydrogens is 476 g/mol. The van der Waals surface area contributed by atoms with Gasteiger partial charge in [0.2, 0.25) is 0 Å². The number of aromatic nitrogens is 3. The Morgan fingerprint density at radius 2 is 1.75 bits per heavy atom. The van der Waals surface area contributed by atoms with E-state index in [0.29, 0.717) is 46.5 Å². The van der Waals surface area contributed by atoms with Crippen LogP contribution in [0.5, 0.6) is 11.5 Å². The molecule has 0 bridgehead atoms. The van der Waals surface area contributed by atoms with E-state index in [9.17, 15) is 4.79 Å². The fraction of sp³-hybridized carbons (Fsp3) is 0.321. The molecular formula is C28H31ClN4O3. The molecule has 0 unspecified atom stereocenters. The smallest absolute Gasteiger partial charge is 0.272 e.